The number of rotatable bonds is 9. The van der Waals surface area contributed by atoms with Crippen LogP contribution in [0.15, 0.2) is 18.2 Å². The Morgan fingerprint density at radius 3 is 2.50 bits per heavy atom. The SMILES string of the molecule is CCCCCCCCC(C(=O)O)c1cc(C)ccc1N. The summed E-state index contributed by atoms with van der Waals surface area (Å²) in [5, 5.41) is 9.43. The highest BCUT2D eigenvalue weighted by Crippen LogP contribution is 2.28. The van der Waals surface area contributed by atoms with Gasteiger partial charge in [-0.05, 0) is 25.0 Å². The molecule has 112 valence electrons. The van der Waals surface area contributed by atoms with Crippen LogP contribution in [0.2, 0.25) is 0 Å². The number of hydrogen-bond acceptors (Lipinski definition) is 2. The summed E-state index contributed by atoms with van der Waals surface area (Å²) in [5.41, 5.74) is 8.35. The van der Waals surface area contributed by atoms with Crippen molar-refractivity contribution in [2.75, 3.05) is 5.73 Å². The zero-order valence-corrected chi connectivity index (χ0v) is 12.7. The normalized spacial score (nSPS) is 12.3. The molecule has 1 rings (SSSR count). The molecule has 0 fully saturated rings. The summed E-state index contributed by atoms with van der Waals surface area (Å²) < 4.78 is 0. The molecule has 1 aromatic rings. The molecular formula is C17H27NO2. The van der Waals surface area contributed by atoms with Crippen LogP contribution in [-0.4, -0.2) is 11.1 Å². The first-order valence-electron chi connectivity index (χ1n) is 7.65. The summed E-state index contributed by atoms with van der Waals surface area (Å²) >= 11 is 0. The summed E-state index contributed by atoms with van der Waals surface area (Å²) in [6.07, 6.45) is 7.69. The number of aliphatic carboxylic acids is 1. The number of nitrogen functional groups attached to an aromatic ring is 1. The second kappa shape index (κ2) is 8.62. The molecule has 3 heteroatoms. The molecule has 1 unspecified atom stereocenters. The molecule has 0 heterocycles. The van der Waals surface area contributed by atoms with Crippen LogP contribution in [0.4, 0.5) is 5.69 Å². The van der Waals surface area contributed by atoms with Crippen LogP contribution < -0.4 is 5.73 Å². The van der Waals surface area contributed by atoms with Gasteiger partial charge in [0.15, 0.2) is 0 Å². The van der Waals surface area contributed by atoms with Crippen molar-refractivity contribution in [1.29, 1.82) is 0 Å². The van der Waals surface area contributed by atoms with E-state index in [2.05, 4.69) is 6.92 Å². The number of aryl methyl sites for hydroxylation is 1. The van der Waals surface area contributed by atoms with Crippen LogP contribution >= 0.6 is 0 Å². The minimum atomic E-state index is -0.768. The van der Waals surface area contributed by atoms with Crippen LogP contribution in [0.25, 0.3) is 0 Å². The van der Waals surface area contributed by atoms with Gasteiger partial charge >= 0.3 is 5.97 Å². The molecule has 0 radical (unpaired) electrons. The minimum Gasteiger partial charge on any atom is -0.481 e. The fourth-order valence-corrected chi connectivity index (χ4v) is 2.54. The van der Waals surface area contributed by atoms with Crippen molar-refractivity contribution >= 4 is 11.7 Å². The lowest BCUT2D eigenvalue weighted by Crippen LogP contribution is -2.13. The van der Waals surface area contributed by atoms with Gasteiger partial charge in [0.1, 0.15) is 0 Å². The number of carboxylic acids is 1. The van der Waals surface area contributed by atoms with Gasteiger partial charge < -0.3 is 10.8 Å². The first-order chi connectivity index (χ1) is 9.56. The molecular weight excluding hydrogens is 250 g/mol. The van der Waals surface area contributed by atoms with Crippen LogP contribution in [0.3, 0.4) is 0 Å². The van der Waals surface area contributed by atoms with E-state index >= 15 is 0 Å². The standard InChI is InChI=1S/C17H27NO2/c1-3-4-5-6-7-8-9-14(17(19)20)15-12-13(2)10-11-16(15)18/h10-12,14H,3-9,18H2,1-2H3,(H,19,20). The molecule has 0 spiro atoms. The average Bonchev–Trinajstić information content (AvgIpc) is 2.41. The van der Waals surface area contributed by atoms with Crippen molar-refractivity contribution < 1.29 is 9.90 Å². The van der Waals surface area contributed by atoms with E-state index in [9.17, 15) is 9.90 Å². The first kappa shape index (κ1) is 16.5. The largest absolute Gasteiger partial charge is 0.481 e. The molecule has 3 N–H and O–H groups in total. The highest BCUT2D eigenvalue weighted by atomic mass is 16.4. The zero-order chi connectivity index (χ0) is 15.0. The molecule has 0 amide bonds. The molecule has 0 aliphatic carbocycles. The predicted molar refractivity (Wildman–Crippen MR) is 84.0 cm³/mol. The van der Waals surface area contributed by atoms with Crippen molar-refractivity contribution in [3.05, 3.63) is 29.3 Å². The fraction of sp³-hybridized carbons (Fsp3) is 0.588. The maximum absolute atomic E-state index is 11.5. The molecule has 0 aromatic heterocycles. The van der Waals surface area contributed by atoms with Crippen molar-refractivity contribution in [2.45, 2.75) is 64.7 Å². The number of nitrogens with two attached hydrogens (primary N) is 1. The van der Waals surface area contributed by atoms with Crippen molar-refractivity contribution in [1.82, 2.24) is 0 Å². The van der Waals surface area contributed by atoms with Crippen LogP contribution in [0.1, 0.15) is 68.9 Å². The van der Waals surface area contributed by atoms with Crippen LogP contribution in [0, 0.1) is 6.92 Å². The van der Waals surface area contributed by atoms with Gasteiger partial charge in [0.2, 0.25) is 0 Å². The molecule has 0 aliphatic rings. The summed E-state index contributed by atoms with van der Waals surface area (Å²) in [5.74, 6) is -1.24. The lowest BCUT2D eigenvalue weighted by molar-refractivity contribution is -0.139. The number of hydrogen-bond donors (Lipinski definition) is 2. The highest BCUT2D eigenvalue weighted by molar-refractivity contribution is 5.78. The molecule has 0 saturated heterocycles. The molecule has 3 nitrogen and oxygen atoms in total. The third kappa shape index (κ3) is 5.24. The smallest absolute Gasteiger partial charge is 0.311 e. The van der Waals surface area contributed by atoms with E-state index in [1.165, 1.54) is 25.7 Å². The third-order valence-electron chi connectivity index (χ3n) is 3.76. The Hall–Kier alpha value is -1.51. The van der Waals surface area contributed by atoms with Crippen LogP contribution in [-0.2, 0) is 4.79 Å². The fourth-order valence-electron chi connectivity index (χ4n) is 2.54. The Balaban J connectivity index is 2.57. The lowest BCUT2D eigenvalue weighted by atomic mass is 9.90. The van der Waals surface area contributed by atoms with Crippen molar-refractivity contribution in [3.63, 3.8) is 0 Å². The maximum Gasteiger partial charge on any atom is 0.311 e. The Bertz CT molecular complexity index is 429. The van der Waals surface area contributed by atoms with E-state index in [-0.39, 0.29) is 0 Å². The van der Waals surface area contributed by atoms with Crippen molar-refractivity contribution in [3.8, 4) is 0 Å². The minimum absolute atomic E-state index is 0.471. The second-order valence-electron chi connectivity index (χ2n) is 5.58. The van der Waals surface area contributed by atoms with Gasteiger partial charge in [-0.1, -0.05) is 63.1 Å². The summed E-state index contributed by atoms with van der Waals surface area (Å²) in [6.45, 7) is 4.16. The van der Waals surface area contributed by atoms with Gasteiger partial charge in [0, 0.05) is 5.69 Å². The summed E-state index contributed by atoms with van der Waals surface area (Å²) in [4.78, 5) is 11.5. The molecule has 20 heavy (non-hydrogen) atoms. The Labute approximate surface area is 122 Å². The van der Waals surface area contributed by atoms with Gasteiger partial charge in [0.05, 0.1) is 5.92 Å². The lowest BCUT2D eigenvalue weighted by Gasteiger charge is -2.15. The maximum atomic E-state index is 11.5. The zero-order valence-electron chi connectivity index (χ0n) is 12.7. The topological polar surface area (TPSA) is 63.3 Å². The number of benzene rings is 1. The average molecular weight is 277 g/mol. The third-order valence-corrected chi connectivity index (χ3v) is 3.76. The first-order valence-corrected chi connectivity index (χ1v) is 7.65. The Kier molecular flexibility index (Phi) is 7.13. The van der Waals surface area contributed by atoms with E-state index in [1.807, 2.05) is 25.1 Å². The van der Waals surface area contributed by atoms with Gasteiger partial charge in [-0.25, -0.2) is 0 Å². The van der Waals surface area contributed by atoms with Gasteiger partial charge in [-0.15, -0.1) is 0 Å². The monoisotopic (exact) mass is 277 g/mol. The summed E-state index contributed by atoms with van der Waals surface area (Å²) in [6, 6.07) is 5.63. The predicted octanol–water partition coefficient (Wildman–Crippen LogP) is 4.50. The molecule has 1 aromatic carbocycles. The Morgan fingerprint density at radius 1 is 1.20 bits per heavy atom. The van der Waals surface area contributed by atoms with E-state index in [0.717, 1.165) is 24.0 Å². The molecule has 0 aliphatic heterocycles. The molecule has 1 atom stereocenters. The number of anilines is 1. The van der Waals surface area contributed by atoms with E-state index in [0.29, 0.717) is 12.1 Å². The van der Waals surface area contributed by atoms with Gasteiger partial charge in [-0.3, -0.25) is 4.79 Å². The van der Waals surface area contributed by atoms with Gasteiger partial charge in [0.25, 0.3) is 0 Å². The highest BCUT2D eigenvalue weighted by Gasteiger charge is 2.21. The van der Waals surface area contributed by atoms with Gasteiger partial charge in [-0.2, -0.15) is 0 Å². The van der Waals surface area contributed by atoms with E-state index in [4.69, 9.17) is 5.73 Å². The number of carbonyl (C=O) groups is 1. The number of carboxylic acid groups (broad SMARTS) is 1. The van der Waals surface area contributed by atoms with E-state index < -0.39 is 11.9 Å². The van der Waals surface area contributed by atoms with E-state index in [1.54, 1.807) is 0 Å². The second-order valence-corrected chi connectivity index (χ2v) is 5.58. The van der Waals surface area contributed by atoms with Crippen molar-refractivity contribution in [2.24, 2.45) is 0 Å². The molecule has 0 bridgehead atoms. The van der Waals surface area contributed by atoms with Crippen LogP contribution in [0.5, 0.6) is 0 Å². The quantitative estimate of drug-likeness (QED) is 0.516. The number of unbranched alkanes of at least 4 members (excludes halogenated alkanes) is 5. The summed E-state index contributed by atoms with van der Waals surface area (Å²) in [7, 11) is 0. The molecule has 0 saturated carbocycles. The Morgan fingerprint density at radius 2 is 1.85 bits per heavy atom.